The first-order valence-corrected chi connectivity index (χ1v) is 5.30. The highest BCUT2D eigenvalue weighted by Crippen LogP contribution is 2.51. The van der Waals surface area contributed by atoms with Gasteiger partial charge < -0.3 is 5.73 Å². The third kappa shape index (κ3) is 1.39. The van der Waals surface area contributed by atoms with Crippen molar-refractivity contribution in [3.05, 3.63) is 0 Å². The molecule has 1 nitrogen and oxygen atoms in total. The molecule has 0 heterocycles. The van der Waals surface area contributed by atoms with Crippen LogP contribution in [0.4, 0.5) is 0 Å². The van der Waals surface area contributed by atoms with Crippen LogP contribution in [0.25, 0.3) is 0 Å². The van der Waals surface area contributed by atoms with Gasteiger partial charge in [-0.25, -0.2) is 0 Å². The normalized spacial score (nSPS) is 53.8. The Kier molecular flexibility index (Phi) is 1.76. The Morgan fingerprint density at radius 1 is 1.25 bits per heavy atom. The van der Waals surface area contributed by atoms with Gasteiger partial charge in [-0.15, -0.1) is 0 Å². The van der Waals surface area contributed by atoms with E-state index in [1.54, 1.807) is 0 Å². The molecule has 3 unspecified atom stereocenters. The third-order valence-corrected chi connectivity index (χ3v) is 3.83. The molecule has 3 atom stereocenters. The number of rotatable bonds is 0. The molecule has 12 heavy (non-hydrogen) atoms. The zero-order valence-electron chi connectivity index (χ0n) is 8.40. The van der Waals surface area contributed by atoms with Crippen LogP contribution in [0, 0.1) is 11.3 Å². The van der Waals surface area contributed by atoms with Gasteiger partial charge >= 0.3 is 0 Å². The number of nitrogens with two attached hydrogens (primary N) is 1. The summed E-state index contributed by atoms with van der Waals surface area (Å²) in [7, 11) is 0. The zero-order chi connectivity index (χ0) is 8.82. The highest BCUT2D eigenvalue weighted by Gasteiger charge is 2.45. The molecule has 2 fully saturated rings. The molecule has 2 saturated carbocycles. The summed E-state index contributed by atoms with van der Waals surface area (Å²) in [5.74, 6) is 0.856. The van der Waals surface area contributed by atoms with Crippen LogP contribution >= 0.6 is 0 Å². The van der Waals surface area contributed by atoms with Crippen molar-refractivity contribution in [2.45, 2.75) is 57.9 Å². The molecule has 0 aromatic carbocycles. The van der Waals surface area contributed by atoms with Gasteiger partial charge in [0.1, 0.15) is 0 Å². The lowest BCUT2D eigenvalue weighted by Crippen LogP contribution is -2.52. The third-order valence-electron chi connectivity index (χ3n) is 3.83. The van der Waals surface area contributed by atoms with Crippen molar-refractivity contribution in [3.8, 4) is 0 Å². The summed E-state index contributed by atoms with van der Waals surface area (Å²) in [6, 6.07) is 0. The summed E-state index contributed by atoms with van der Waals surface area (Å²) in [6.07, 6.45) is 8.00. The second-order valence-electron chi connectivity index (χ2n) is 5.72. The molecule has 0 radical (unpaired) electrons. The molecule has 2 N–H and O–H groups in total. The van der Waals surface area contributed by atoms with Crippen LogP contribution in [0.15, 0.2) is 0 Å². The highest BCUT2D eigenvalue weighted by atomic mass is 14.8. The van der Waals surface area contributed by atoms with Crippen LogP contribution < -0.4 is 5.73 Å². The van der Waals surface area contributed by atoms with Crippen molar-refractivity contribution in [2.24, 2.45) is 17.1 Å². The molecule has 0 aromatic heterocycles. The monoisotopic (exact) mass is 167 g/mol. The molecule has 1 heteroatoms. The largest absolute Gasteiger partial charge is 0.325 e. The molecule has 2 bridgehead atoms. The van der Waals surface area contributed by atoms with Gasteiger partial charge in [0.2, 0.25) is 0 Å². The fourth-order valence-corrected chi connectivity index (χ4v) is 3.85. The molecule has 0 aromatic rings. The predicted octanol–water partition coefficient (Wildman–Crippen LogP) is 2.69. The number of hydrogen-bond acceptors (Lipinski definition) is 1. The minimum atomic E-state index is 0.213. The lowest BCUT2D eigenvalue weighted by molar-refractivity contribution is 0.0408. The molecular formula is C11H21N. The smallest absolute Gasteiger partial charge is 0.0162 e. The Morgan fingerprint density at radius 2 is 2.00 bits per heavy atom. The average molecular weight is 167 g/mol. The molecule has 2 aliphatic rings. The number of hydrogen-bond donors (Lipinski definition) is 1. The second kappa shape index (κ2) is 2.47. The topological polar surface area (TPSA) is 26.0 Å². The van der Waals surface area contributed by atoms with E-state index in [4.69, 9.17) is 5.73 Å². The molecule has 70 valence electrons. The fourth-order valence-electron chi connectivity index (χ4n) is 3.85. The quantitative estimate of drug-likeness (QED) is 0.590. The SMILES string of the molecule is CC1CC2(C)CCCC(N)(C1)C2. The van der Waals surface area contributed by atoms with Crippen LogP contribution in [-0.4, -0.2) is 5.54 Å². The van der Waals surface area contributed by atoms with Gasteiger partial charge in [0, 0.05) is 5.54 Å². The van der Waals surface area contributed by atoms with E-state index in [2.05, 4.69) is 13.8 Å². The van der Waals surface area contributed by atoms with Crippen molar-refractivity contribution in [1.29, 1.82) is 0 Å². The molecule has 2 aliphatic carbocycles. The van der Waals surface area contributed by atoms with Crippen molar-refractivity contribution < 1.29 is 0 Å². The van der Waals surface area contributed by atoms with Gasteiger partial charge in [-0.3, -0.25) is 0 Å². The average Bonchev–Trinajstić information content (AvgIpc) is 1.79. The minimum Gasteiger partial charge on any atom is -0.325 e. The summed E-state index contributed by atoms with van der Waals surface area (Å²) >= 11 is 0. The van der Waals surface area contributed by atoms with E-state index in [1.165, 1.54) is 38.5 Å². The first-order valence-electron chi connectivity index (χ1n) is 5.30. The van der Waals surface area contributed by atoms with Gasteiger partial charge in [0.05, 0.1) is 0 Å². The van der Waals surface area contributed by atoms with E-state index in [9.17, 15) is 0 Å². The summed E-state index contributed by atoms with van der Waals surface area (Å²) in [5, 5.41) is 0. The molecular weight excluding hydrogens is 146 g/mol. The molecule has 0 spiro atoms. The summed E-state index contributed by atoms with van der Waals surface area (Å²) < 4.78 is 0. The minimum absolute atomic E-state index is 0.213. The van der Waals surface area contributed by atoms with Gasteiger partial charge in [0.15, 0.2) is 0 Å². The Labute approximate surface area is 75.7 Å². The summed E-state index contributed by atoms with van der Waals surface area (Å²) in [4.78, 5) is 0. The predicted molar refractivity (Wildman–Crippen MR) is 51.9 cm³/mol. The lowest BCUT2D eigenvalue weighted by atomic mass is 9.57. The molecule has 2 rings (SSSR count). The lowest BCUT2D eigenvalue weighted by Gasteiger charge is -2.51. The Balaban J connectivity index is 2.19. The van der Waals surface area contributed by atoms with Gasteiger partial charge in [-0.2, -0.15) is 0 Å². The summed E-state index contributed by atoms with van der Waals surface area (Å²) in [5.41, 5.74) is 7.18. The van der Waals surface area contributed by atoms with Gasteiger partial charge in [-0.1, -0.05) is 20.3 Å². The van der Waals surface area contributed by atoms with Gasteiger partial charge in [0.25, 0.3) is 0 Å². The van der Waals surface area contributed by atoms with Crippen LogP contribution in [-0.2, 0) is 0 Å². The van der Waals surface area contributed by atoms with Crippen molar-refractivity contribution in [1.82, 2.24) is 0 Å². The van der Waals surface area contributed by atoms with E-state index in [0.717, 1.165) is 5.92 Å². The Bertz CT molecular complexity index is 171. The standard InChI is InChI=1S/C11H21N/c1-9-6-10(2)4-3-5-11(12,7-9)8-10/h9H,3-8,12H2,1-2H3. The number of fused-ring (bicyclic) bond motifs is 2. The maximum Gasteiger partial charge on any atom is 0.0162 e. The van der Waals surface area contributed by atoms with Crippen LogP contribution in [0.3, 0.4) is 0 Å². The van der Waals surface area contributed by atoms with E-state index < -0.39 is 0 Å². The van der Waals surface area contributed by atoms with E-state index >= 15 is 0 Å². The van der Waals surface area contributed by atoms with Crippen LogP contribution in [0.2, 0.25) is 0 Å². The Morgan fingerprint density at radius 3 is 2.67 bits per heavy atom. The first kappa shape index (κ1) is 8.55. The second-order valence-corrected chi connectivity index (χ2v) is 5.72. The first-order chi connectivity index (χ1) is 5.52. The fraction of sp³-hybridized carbons (Fsp3) is 1.00. The maximum atomic E-state index is 6.38. The van der Waals surface area contributed by atoms with Gasteiger partial charge in [-0.05, 0) is 43.4 Å². The van der Waals surface area contributed by atoms with Crippen LogP contribution in [0.1, 0.15) is 52.4 Å². The van der Waals surface area contributed by atoms with Crippen molar-refractivity contribution in [3.63, 3.8) is 0 Å². The Hall–Kier alpha value is -0.0400. The molecule has 0 aliphatic heterocycles. The van der Waals surface area contributed by atoms with E-state index in [-0.39, 0.29) is 5.54 Å². The highest BCUT2D eigenvalue weighted by molar-refractivity contribution is 5.01. The van der Waals surface area contributed by atoms with Crippen molar-refractivity contribution in [2.75, 3.05) is 0 Å². The van der Waals surface area contributed by atoms with Crippen molar-refractivity contribution >= 4 is 0 Å². The summed E-state index contributed by atoms with van der Waals surface area (Å²) in [6.45, 7) is 4.80. The van der Waals surface area contributed by atoms with E-state index in [1.807, 2.05) is 0 Å². The molecule has 0 saturated heterocycles. The zero-order valence-corrected chi connectivity index (χ0v) is 8.40. The molecule has 0 amide bonds. The van der Waals surface area contributed by atoms with Crippen LogP contribution in [0.5, 0.6) is 0 Å². The van der Waals surface area contributed by atoms with E-state index in [0.29, 0.717) is 5.41 Å². The maximum absolute atomic E-state index is 6.38.